The molecule has 2 N–H and O–H groups in total. The number of fused-ring (bicyclic) bond motifs is 1. The summed E-state index contributed by atoms with van der Waals surface area (Å²) < 4.78 is 5.03. The maximum atomic E-state index is 13.0. The predicted molar refractivity (Wildman–Crippen MR) is 93.0 cm³/mol. The van der Waals surface area contributed by atoms with Gasteiger partial charge in [-0.05, 0) is 31.0 Å². The monoisotopic (exact) mass is 360 g/mol. The van der Waals surface area contributed by atoms with Gasteiger partial charge in [-0.1, -0.05) is 25.5 Å². The third-order valence-electron chi connectivity index (χ3n) is 5.51. The van der Waals surface area contributed by atoms with E-state index in [0.29, 0.717) is 12.8 Å². The van der Waals surface area contributed by atoms with Crippen molar-refractivity contribution in [3.63, 3.8) is 0 Å². The minimum absolute atomic E-state index is 0.111. The average molecular weight is 360 g/mol. The minimum Gasteiger partial charge on any atom is -0.508 e. The molecule has 2 saturated heterocycles. The van der Waals surface area contributed by atoms with Crippen LogP contribution in [0.15, 0.2) is 24.3 Å². The van der Waals surface area contributed by atoms with E-state index in [-0.39, 0.29) is 24.1 Å². The predicted octanol–water partition coefficient (Wildman–Crippen LogP) is 1.37. The number of imide groups is 1. The third-order valence-corrected chi connectivity index (χ3v) is 5.51. The Hall–Kier alpha value is -2.41. The molecule has 0 unspecified atom stereocenters. The van der Waals surface area contributed by atoms with E-state index in [1.165, 1.54) is 24.1 Å². The van der Waals surface area contributed by atoms with Crippen LogP contribution in [0.1, 0.15) is 38.3 Å². The lowest BCUT2D eigenvalue weighted by atomic mass is 9.77. The Labute approximate surface area is 152 Å². The van der Waals surface area contributed by atoms with E-state index in [9.17, 15) is 19.5 Å². The van der Waals surface area contributed by atoms with E-state index in [1.54, 1.807) is 19.1 Å². The molecule has 2 fully saturated rings. The standard InChI is InChI=1S/C19H24N2O5/c1-4-10-19(18(25)26-3)14-13(16(23)21(5-2)17(14)24)15(20-19)11-6-8-12(22)9-7-11/h6-9,13-15,20,22H,4-5,10H2,1-3H3/t13-,14-,15+,19-/m0/s1. The summed E-state index contributed by atoms with van der Waals surface area (Å²) in [5, 5.41) is 12.8. The fourth-order valence-corrected chi connectivity index (χ4v) is 4.44. The van der Waals surface area contributed by atoms with Crippen molar-refractivity contribution in [2.45, 2.75) is 38.3 Å². The fourth-order valence-electron chi connectivity index (χ4n) is 4.44. The normalized spacial score (nSPS) is 30.6. The number of aromatic hydroxyl groups is 1. The molecule has 1 aromatic carbocycles. The number of nitrogens with zero attached hydrogens (tertiary/aromatic N) is 1. The van der Waals surface area contributed by atoms with Gasteiger partial charge in [-0.25, -0.2) is 0 Å². The molecule has 7 heteroatoms. The van der Waals surface area contributed by atoms with Crippen LogP contribution in [-0.4, -0.2) is 47.0 Å². The molecule has 3 rings (SSSR count). The van der Waals surface area contributed by atoms with Gasteiger partial charge in [-0.2, -0.15) is 0 Å². The molecule has 7 nitrogen and oxygen atoms in total. The minimum atomic E-state index is -1.23. The van der Waals surface area contributed by atoms with Crippen LogP contribution in [0.25, 0.3) is 0 Å². The number of likely N-dealkylation sites (tertiary alicyclic amines) is 1. The molecule has 0 aliphatic carbocycles. The first kappa shape index (κ1) is 18.4. The highest BCUT2D eigenvalue weighted by atomic mass is 16.5. The van der Waals surface area contributed by atoms with Crippen LogP contribution in [0.5, 0.6) is 5.75 Å². The van der Waals surface area contributed by atoms with Crippen molar-refractivity contribution in [3.05, 3.63) is 29.8 Å². The van der Waals surface area contributed by atoms with Crippen molar-refractivity contribution in [1.29, 1.82) is 0 Å². The number of rotatable bonds is 5. The summed E-state index contributed by atoms with van der Waals surface area (Å²) in [6, 6.07) is 5.97. The number of phenols is 1. The summed E-state index contributed by atoms with van der Waals surface area (Å²) in [6.07, 6.45) is 1.05. The van der Waals surface area contributed by atoms with Gasteiger partial charge >= 0.3 is 5.97 Å². The number of hydrogen-bond donors (Lipinski definition) is 2. The number of nitrogens with one attached hydrogen (secondary N) is 1. The van der Waals surface area contributed by atoms with Crippen molar-refractivity contribution in [3.8, 4) is 5.75 Å². The molecular formula is C19H24N2O5. The second kappa shape index (κ2) is 6.72. The lowest BCUT2D eigenvalue weighted by Crippen LogP contribution is -2.56. The molecule has 0 radical (unpaired) electrons. The maximum Gasteiger partial charge on any atom is 0.326 e. The SMILES string of the molecule is CCC[C@]1(C(=O)OC)N[C@H](c2ccc(O)cc2)[C@H]2C(=O)N(CC)C(=O)[C@H]21. The zero-order valence-electron chi connectivity index (χ0n) is 15.2. The summed E-state index contributed by atoms with van der Waals surface area (Å²) >= 11 is 0. The zero-order valence-corrected chi connectivity index (χ0v) is 15.2. The molecule has 0 saturated carbocycles. The number of ether oxygens (including phenoxy) is 1. The second-order valence-corrected chi connectivity index (χ2v) is 6.85. The fraction of sp³-hybridized carbons (Fsp3) is 0.526. The van der Waals surface area contributed by atoms with Gasteiger partial charge in [-0.15, -0.1) is 0 Å². The van der Waals surface area contributed by atoms with E-state index >= 15 is 0 Å². The van der Waals surface area contributed by atoms with E-state index in [2.05, 4.69) is 5.32 Å². The summed E-state index contributed by atoms with van der Waals surface area (Å²) in [5.74, 6) is -2.46. The molecule has 0 aromatic heterocycles. The van der Waals surface area contributed by atoms with Crippen molar-refractivity contribution in [1.82, 2.24) is 10.2 Å². The number of amides is 2. The van der Waals surface area contributed by atoms with Crippen LogP contribution >= 0.6 is 0 Å². The Morgan fingerprint density at radius 1 is 1.23 bits per heavy atom. The van der Waals surface area contributed by atoms with Crippen LogP contribution in [0.4, 0.5) is 0 Å². The molecule has 26 heavy (non-hydrogen) atoms. The lowest BCUT2D eigenvalue weighted by Gasteiger charge is -2.32. The second-order valence-electron chi connectivity index (χ2n) is 6.85. The third kappa shape index (κ3) is 2.49. The molecule has 2 aliphatic rings. The van der Waals surface area contributed by atoms with Gasteiger partial charge < -0.3 is 9.84 Å². The van der Waals surface area contributed by atoms with Gasteiger partial charge in [0.05, 0.1) is 18.9 Å². The first-order valence-corrected chi connectivity index (χ1v) is 8.91. The van der Waals surface area contributed by atoms with E-state index < -0.39 is 29.4 Å². The van der Waals surface area contributed by atoms with E-state index in [4.69, 9.17) is 4.74 Å². The van der Waals surface area contributed by atoms with Crippen LogP contribution in [0.2, 0.25) is 0 Å². The molecule has 1 aromatic rings. The van der Waals surface area contributed by atoms with Gasteiger partial charge in [0.25, 0.3) is 0 Å². The molecule has 2 heterocycles. The first-order chi connectivity index (χ1) is 12.4. The zero-order chi connectivity index (χ0) is 19.1. The summed E-state index contributed by atoms with van der Waals surface area (Å²) in [5.41, 5.74) is -0.480. The van der Waals surface area contributed by atoms with Crippen LogP contribution in [-0.2, 0) is 19.1 Å². The smallest absolute Gasteiger partial charge is 0.326 e. The van der Waals surface area contributed by atoms with Crippen molar-refractivity contribution >= 4 is 17.8 Å². The highest BCUT2D eigenvalue weighted by molar-refractivity contribution is 6.09. The molecule has 4 atom stereocenters. The van der Waals surface area contributed by atoms with E-state index in [0.717, 1.165) is 5.56 Å². The Morgan fingerprint density at radius 2 is 1.88 bits per heavy atom. The number of carbonyl (C=O) groups is 3. The van der Waals surface area contributed by atoms with Gasteiger partial charge in [0.15, 0.2) is 0 Å². The Bertz CT molecular complexity index is 732. The molecule has 0 bridgehead atoms. The summed E-state index contributed by atoms with van der Waals surface area (Å²) in [6.45, 7) is 3.95. The van der Waals surface area contributed by atoms with Crippen molar-refractivity contribution in [2.24, 2.45) is 11.8 Å². The highest BCUT2D eigenvalue weighted by Gasteiger charge is 2.68. The largest absolute Gasteiger partial charge is 0.508 e. The van der Waals surface area contributed by atoms with Gasteiger partial charge in [0, 0.05) is 12.6 Å². The van der Waals surface area contributed by atoms with Crippen molar-refractivity contribution < 1.29 is 24.2 Å². The number of esters is 1. The first-order valence-electron chi connectivity index (χ1n) is 8.91. The Kier molecular flexibility index (Phi) is 4.75. The van der Waals surface area contributed by atoms with Gasteiger partial charge in [0.2, 0.25) is 11.8 Å². The quantitative estimate of drug-likeness (QED) is 0.608. The number of carbonyl (C=O) groups excluding carboxylic acids is 3. The van der Waals surface area contributed by atoms with Crippen LogP contribution in [0.3, 0.4) is 0 Å². The molecule has 2 aliphatic heterocycles. The van der Waals surface area contributed by atoms with Gasteiger partial charge in [-0.3, -0.25) is 24.6 Å². The van der Waals surface area contributed by atoms with Crippen LogP contribution in [0, 0.1) is 11.8 Å². The molecule has 140 valence electrons. The average Bonchev–Trinajstić information content (AvgIpc) is 3.10. The van der Waals surface area contributed by atoms with Gasteiger partial charge in [0.1, 0.15) is 11.3 Å². The molecule has 0 spiro atoms. The topological polar surface area (TPSA) is 95.9 Å². The van der Waals surface area contributed by atoms with Crippen LogP contribution < -0.4 is 5.32 Å². The van der Waals surface area contributed by atoms with Crippen molar-refractivity contribution in [2.75, 3.05) is 13.7 Å². The number of phenolic OH excluding ortho intramolecular Hbond substituents is 1. The molecule has 2 amide bonds. The number of methoxy groups -OCH3 is 1. The Morgan fingerprint density at radius 3 is 2.42 bits per heavy atom. The number of hydrogen-bond acceptors (Lipinski definition) is 6. The molecular weight excluding hydrogens is 336 g/mol. The summed E-state index contributed by atoms with van der Waals surface area (Å²) in [4.78, 5) is 39.9. The Balaban J connectivity index is 2.13. The lowest BCUT2D eigenvalue weighted by molar-refractivity contribution is -0.154. The summed E-state index contributed by atoms with van der Waals surface area (Å²) in [7, 11) is 1.29. The number of benzene rings is 1. The maximum absolute atomic E-state index is 13.0. The van der Waals surface area contributed by atoms with E-state index in [1.807, 2.05) is 6.92 Å². The highest BCUT2D eigenvalue weighted by Crippen LogP contribution is 2.50.